The Bertz CT molecular complexity index is 565. The first kappa shape index (κ1) is 17.0. The van der Waals surface area contributed by atoms with E-state index < -0.39 is 0 Å². The maximum Gasteiger partial charge on any atom is 0.495 e. The fraction of sp³-hybridized carbons (Fsp3) is 0.588. The highest BCUT2D eigenvalue weighted by molar-refractivity contribution is 6.62. The van der Waals surface area contributed by atoms with Crippen LogP contribution < -0.4 is 10.8 Å². The largest absolute Gasteiger partial charge is 0.495 e. The number of aryl methyl sites for hydroxylation is 1. The van der Waals surface area contributed by atoms with Gasteiger partial charge >= 0.3 is 7.12 Å². The quantitative estimate of drug-likeness (QED) is 0.873. The van der Waals surface area contributed by atoms with Gasteiger partial charge in [-0.3, -0.25) is 4.79 Å². The summed E-state index contributed by atoms with van der Waals surface area (Å²) in [5, 5.41) is 2.91. The van der Waals surface area contributed by atoms with Crippen molar-refractivity contribution >= 4 is 24.2 Å². The molecule has 1 amide bonds. The van der Waals surface area contributed by atoms with Gasteiger partial charge in [0.2, 0.25) is 5.91 Å². The van der Waals surface area contributed by atoms with Gasteiger partial charge in [0.15, 0.2) is 0 Å². The van der Waals surface area contributed by atoms with Crippen LogP contribution in [0.2, 0.25) is 0 Å². The molecule has 1 fully saturated rings. The second-order valence-electron chi connectivity index (χ2n) is 7.30. The number of nitrogens with one attached hydrogen (secondary N) is 1. The Morgan fingerprint density at radius 2 is 1.68 bits per heavy atom. The van der Waals surface area contributed by atoms with Crippen LogP contribution in [0.15, 0.2) is 18.2 Å². The van der Waals surface area contributed by atoms with E-state index in [-0.39, 0.29) is 30.1 Å². The SMILES string of the molecule is Cc1cc(NC(=O)C(C)C)ccc1B1OC(C)(C)C(C)(C)O1. The van der Waals surface area contributed by atoms with Crippen molar-refractivity contribution in [1.82, 2.24) is 0 Å². The summed E-state index contributed by atoms with van der Waals surface area (Å²) in [7, 11) is -0.375. The first-order valence-electron chi connectivity index (χ1n) is 7.80. The van der Waals surface area contributed by atoms with Crippen LogP contribution in [0.1, 0.15) is 47.1 Å². The van der Waals surface area contributed by atoms with Gasteiger partial charge in [0.25, 0.3) is 0 Å². The summed E-state index contributed by atoms with van der Waals surface area (Å²) in [6, 6.07) is 5.82. The van der Waals surface area contributed by atoms with Crippen LogP contribution in [0.5, 0.6) is 0 Å². The zero-order valence-corrected chi connectivity index (χ0v) is 14.6. The lowest BCUT2D eigenvalue weighted by Crippen LogP contribution is -2.41. The molecular weight excluding hydrogens is 277 g/mol. The van der Waals surface area contributed by atoms with E-state index in [1.807, 2.05) is 66.7 Å². The molecule has 5 heteroatoms. The smallest absolute Gasteiger partial charge is 0.399 e. The van der Waals surface area contributed by atoms with Crippen molar-refractivity contribution in [2.24, 2.45) is 5.92 Å². The Labute approximate surface area is 133 Å². The summed E-state index contributed by atoms with van der Waals surface area (Å²) >= 11 is 0. The number of rotatable bonds is 3. The minimum absolute atomic E-state index is 0.0165. The van der Waals surface area contributed by atoms with E-state index >= 15 is 0 Å². The summed E-state index contributed by atoms with van der Waals surface area (Å²) in [5.74, 6) is -0.0223. The van der Waals surface area contributed by atoms with Crippen LogP contribution in [0, 0.1) is 12.8 Å². The third kappa shape index (κ3) is 3.20. The second-order valence-corrected chi connectivity index (χ2v) is 7.30. The molecule has 0 aromatic heterocycles. The van der Waals surface area contributed by atoms with E-state index in [0.29, 0.717) is 0 Å². The molecule has 4 nitrogen and oxygen atoms in total. The lowest BCUT2D eigenvalue weighted by Gasteiger charge is -2.32. The lowest BCUT2D eigenvalue weighted by molar-refractivity contribution is -0.118. The summed E-state index contributed by atoms with van der Waals surface area (Å²) in [5.41, 5.74) is 2.14. The molecule has 0 atom stereocenters. The molecule has 1 aromatic rings. The Morgan fingerprint density at radius 1 is 1.14 bits per heavy atom. The number of hydrogen-bond acceptors (Lipinski definition) is 3. The van der Waals surface area contributed by atoms with E-state index in [9.17, 15) is 4.79 Å². The van der Waals surface area contributed by atoms with Crippen molar-refractivity contribution in [1.29, 1.82) is 0 Å². The molecule has 0 saturated carbocycles. The molecule has 0 aliphatic carbocycles. The van der Waals surface area contributed by atoms with Crippen molar-refractivity contribution in [2.75, 3.05) is 5.32 Å². The van der Waals surface area contributed by atoms with E-state index in [2.05, 4.69) is 5.32 Å². The molecule has 1 aromatic carbocycles. The molecular formula is C17H26BNO3. The van der Waals surface area contributed by atoms with Crippen LogP contribution >= 0.6 is 0 Å². The molecule has 1 aliphatic heterocycles. The Balaban J connectivity index is 2.20. The zero-order chi connectivity index (χ0) is 16.7. The molecule has 0 bridgehead atoms. The fourth-order valence-electron chi connectivity index (χ4n) is 2.27. The predicted molar refractivity (Wildman–Crippen MR) is 90.4 cm³/mol. The highest BCUT2D eigenvalue weighted by Gasteiger charge is 2.52. The molecule has 1 heterocycles. The molecule has 0 radical (unpaired) electrons. The highest BCUT2D eigenvalue weighted by Crippen LogP contribution is 2.36. The fourth-order valence-corrected chi connectivity index (χ4v) is 2.27. The van der Waals surface area contributed by atoms with Gasteiger partial charge in [0, 0.05) is 11.6 Å². The van der Waals surface area contributed by atoms with E-state index in [4.69, 9.17) is 9.31 Å². The minimum atomic E-state index is -0.375. The van der Waals surface area contributed by atoms with E-state index in [1.165, 1.54) is 0 Å². The summed E-state index contributed by atoms with van der Waals surface area (Å²) < 4.78 is 12.2. The Morgan fingerprint density at radius 3 is 2.14 bits per heavy atom. The van der Waals surface area contributed by atoms with Crippen molar-refractivity contribution < 1.29 is 14.1 Å². The van der Waals surface area contributed by atoms with Crippen LogP contribution in [0.4, 0.5) is 5.69 Å². The number of carbonyl (C=O) groups is 1. The first-order chi connectivity index (χ1) is 10.0. The van der Waals surface area contributed by atoms with Gasteiger partial charge in [0.1, 0.15) is 0 Å². The number of amides is 1. The normalized spacial score (nSPS) is 19.5. The van der Waals surface area contributed by atoms with Gasteiger partial charge in [-0.1, -0.05) is 19.9 Å². The van der Waals surface area contributed by atoms with Gasteiger partial charge in [0.05, 0.1) is 11.2 Å². The molecule has 0 spiro atoms. The minimum Gasteiger partial charge on any atom is -0.399 e. The molecule has 22 heavy (non-hydrogen) atoms. The van der Waals surface area contributed by atoms with Gasteiger partial charge in [-0.2, -0.15) is 0 Å². The summed E-state index contributed by atoms with van der Waals surface area (Å²) in [4.78, 5) is 11.8. The first-order valence-corrected chi connectivity index (χ1v) is 7.80. The summed E-state index contributed by atoms with van der Waals surface area (Å²) in [6.45, 7) is 13.9. The zero-order valence-electron chi connectivity index (χ0n) is 14.6. The molecule has 0 unspecified atom stereocenters. The van der Waals surface area contributed by atoms with E-state index in [1.54, 1.807) is 0 Å². The van der Waals surface area contributed by atoms with Crippen LogP contribution in [0.3, 0.4) is 0 Å². The maximum atomic E-state index is 11.8. The molecule has 2 rings (SSSR count). The topological polar surface area (TPSA) is 47.6 Å². The average molecular weight is 303 g/mol. The average Bonchev–Trinajstić information content (AvgIpc) is 2.58. The van der Waals surface area contributed by atoms with Gasteiger partial charge in [-0.05, 0) is 57.8 Å². The third-order valence-corrected chi connectivity index (χ3v) is 4.57. The van der Waals surface area contributed by atoms with Crippen molar-refractivity contribution in [3.63, 3.8) is 0 Å². The van der Waals surface area contributed by atoms with Crippen molar-refractivity contribution in [2.45, 2.75) is 59.7 Å². The summed E-state index contributed by atoms with van der Waals surface area (Å²) in [6.07, 6.45) is 0. The van der Waals surface area contributed by atoms with Gasteiger partial charge < -0.3 is 14.6 Å². The van der Waals surface area contributed by atoms with Gasteiger partial charge in [-0.15, -0.1) is 0 Å². The monoisotopic (exact) mass is 303 g/mol. The highest BCUT2D eigenvalue weighted by atomic mass is 16.7. The number of carbonyl (C=O) groups excluding carboxylic acids is 1. The van der Waals surface area contributed by atoms with Crippen LogP contribution in [0.25, 0.3) is 0 Å². The van der Waals surface area contributed by atoms with Crippen molar-refractivity contribution in [3.8, 4) is 0 Å². The maximum absolute atomic E-state index is 11.8. The molecule has 120 valence electrons. The number of hydrogen-bond donors (Lipinski definition) is 1. The molecule has 1 saturated heterocycles. The van der Waals surface area contributed by atoms with Crippen LogP contribution in [-0.2, 0) is 14.1 Å². The van der Waals surface area contributed by atoms with Crippen LogP contribution in [-0.4, -0.2) is 24.2 Å². The Hall–Kier alpha value is -1.33. The molecule has 1 N–H and O–H groups in total. The predicted octanol–water partition coefficient (Wildman–Crippen LogP) is 2.89. The standard InChI is InChI=1S/C17H26BNO3/c1-11(2)15(20)19-13-8-9-14(12(3)10-13)18-21-16(4,5)17(6,7)22-18/h8-11H,1-7H3,(H,19,20). The van der Waals surface area contributed by atoms with Gasteiger partial charge in [-0.25, -0.2) is 0 Å². The second kappa shape index (κ2) is 5.71. The molecule has 1 aliphatic rings. The number of anilines is 1. The third-order valence-electron chi connectivity index (χ3n) is 4.57. The Kier molecular flexibility index (Phi) is 4.42. The number of benzene rings is 1. The lowest BCUT2D eigenvalue weighted by atomic mass is 9.76. The van der Waals surface area contributed by atoms with Crippen molar-refractivity contribution in [3.05, 3.63) is 23.8 Å². The van der Waals surface area contributed by atoms with E-state index in [0.717, 1.165) is 16.7 Å².